The first kappa shape index (κ1) is 20.3. The summed E-state index contributed by atoms with van der Waals surface area (Å²) >= 11 is 0. The third kappa shape index (κ3) is 4.09. The van der Waals surface area contributed by atoms with Crippen molar-refractivity contribution in [2.45, 2.75) is 18.9 Å². The van der Waals surface area contributed by atoms with Crippen LogP contribution >= 0.6 is 0 Å². The number of hydrogen-bond acceptors (Lipinski definition) is 4. The molecule has 0 atom stereocenters. The summed E-state index contributed by atoms with van der Waals surface area (Å²) in [6.45, 7) is 2.19. The lowest BCUT2D eigenvalue weighted by Crippen LogP contribution is -2.36. The van der Waals surface area contributed by atoms with Gasteiger partial charge in [-0.25, -0.2) is 4.39 Å². The van der Waals surface area contributed by atoms with Gasteiger partial charge in [0.1, 0.15) is 11.6 Å². The number of amides is 1. The number of piperidine rings is 1. The number of para-hydroxylation sites is 1. The molecule has 0 bridgehead atoms. The zero-order valence-corrected chi connectivity index (χ0v) is 17.8. The van der Waals surface area contributed by atoms with Crippen LogP contribution in [-0.4, -0.2) is 52.2 Å². The Morgan fingerprint density at radius 2 is 1.94 bits per heavy atom. The predicted molar refractivity (Wildman–Crippen MR) is 124 cm³/mol. The summed E-state index contributed by atoms with van der Waals surface area (Å²) in [4.78, 5) is 17.9. The van der Waals surface area contributed by atoms with Gasteiger partial charge >= 0.3 is 0 Å². The fraction of sp³-hybridized carbons (Fsp3) is 0.250. The predicted octanol–water partition coefficient (Wildman–Crippen LogP) is 4.46. The molecule has 4 aromatic rings. The van der Waals surface area contributed by atoms with Gasteiger partial charge in [-0.2, -0.15) is 5.10 Å². The van der Waals surface area contributed by atoms with Crippen molar-refractivity contribution in [1.82, 2.24) is 20.1 Å². The maximum absolute atomic E-state index is 13.9. The van der Waals surface area contributed by atoms with Crippen LogP contribution in [0.3, 0.4) is 0 Å². The number of fused-ring (bicyclic) bond motifs is 1. The van der Waals surface area contributed by atoms with Crippen molar-refractivity contribution in [3.8, 4) is 11.3 Å². The second kappa shape index (κ2) is 8.47. The summed E-state index contributed by atoms with van der Waals surface area (Å²) in [6, 6.07) is 14.6. The zero-order valence-electron chi connectivity index (χ0n) is 17.8. The summed E-state index contributed by atoms with van der Waals surface area (Å²) in [5.41, 5.74) is 3.40. The van der Waals surface area contributed by atoms with Crippen molar-refractivity contribution < 1.29 is 9.18 Å². The summed E-state index contributed by atoms with van der Waals surface area (Å²) in [5.74, 6) is -0.0631. The van der Waals surface area contributed by atoms with E-state index in [-0.39, 0.29) is 11.7 Å². The molecule has 0 radical (unpaired) electrons. The largest absolute Gasteiger partial charge is 0.382 e. The van der Waals surface area contributed by atoms with E-state index >= 15 is 0 Å². The molecule has 0 saturated carbocycles. The van der Waals surface area contributed by atoms with Gasteiger partial charge in [0.25, 0.3) is 5.91 Å². The van der Waals surface area contributed by atoms with E-state index < -0.39 is 0 Å². The Morgan fingerprint density at radius 3 is 2.72 bits per heavy atom. The number of carbonyl (C=O) groups is 1. The second-order valence-corrected chi connectivity index (χ2v) is 8.28. The van der Waals surface area contributed by atoms with Crippen LogP contribution in [0.4, 0.5) is 15.9 Å². The Morgan fingerprint density at radius 1 is 1.16 bits per heavy atom. The molecule has 1 amide bonds. The van der Waals surface area contributed by atoms with Gasteiger partial charge in [-0.3, -0.25) is 9.89 Å². The third-order valence-corrected chi connectivity index (χ3v) is 6.00. The molecule has 1 aliphatic heterocycles. The van der Waals surface area contributed by atoms with Crippen LogP contribution < -0.4 is 10.6 Å². The van der Waals surface area contributed by atoms with Crippen LogP contribution in [0, 0.1) is 5.82 Å². The van der Waals surface area contributed by atoms with E-state index in [0.717, 1.165) is 42.6 Å². The van der Waals surface area contributed by atoms with E-state index in [0.29, 0.717) is 28.6 Å². The van der Waals surface area contributed by atoms with Gasteiger partial charge < -0.3 is 20.5 Å². The van der Waals surface area contributed by atoms with Crippen molar-refractivity contribution in [2.75, 3.05) is 30.8 Å². The van der Waals surface area contributed by atoms with E-state index in [9.17, 15) is 9.18 Å². The number of aromatic nitrogens is 3. The smallest absolute Gasteiger partial charge is 0.256 e. The number of halogens is 1. The molecule has 0 spiro atoms. The molecule has 0 aliphatic carbocycles. The SMILES string of the molecule is CN1CCC(Nc2ccc(C(=O)Nc3cc(-c4c[nH]c5c(F)cccc45)n[nH]3)cc2)CC1. The van der Waals surface area contributed by atoms with Gasteiger partial charge in [0, 0.05) is 40.5 Å². The van der Waals surface area contributed by atoms with Crippen LogP contribution in [-0.2, 0) is 0 Å². The molecule has 1 saturated heterocycles. The van der Waals surface area contributed by atoms with Crippen LogP contribution in [0.5, 0.6) is 0 Å². The minimum absolute atomic E-state index is 0.226. The number of anilines is 2. The highest BCUT2D eigenvalue weighted by Gasteiger charge is 2.17. The fourth-order valence-corrected chi connectivity index (χ4v) is 4.15. The summed E-state index contributed by atoms with van der Waals surface area (Å²) < 4.78 is 13.9. The summed E-state index contributed by atoms with van der Waals surface area (Å²) in [6.07, 6.45) is 3.94. The van der Waals surface area contributed by atoms with Crippen LogP contribution in [0.25, 0.3) is 22.2 Å². The standard InChI is InChI=1S/C24H25FN6O/c1-31-11-9-17(10-12-31)27-16-7-5-15(6-8-16)24(32)28-22-13-21(29-30-22)19-14-26-23-18(19)3-2-4-20(23)25/h2-8,13-14,17,26-27H,9-12H2,1H3,(H2,28,29,30,32). The lowest BCUT2D eigenvalue weighted by atomic mass is 10.0. The number of nitrogens with zero attached hydrogens (tertiary/aromatic N) is 2. The number of carbonyl (C=O) groups excluding carboxylic acids is 1. The molecule has 5 rings (SSSR count). The Bertz CT molecular complexity index is 1240. The molecule has 0 unspecified atom stereocenters. The number of rotatable bonds is 5. The summed E-state index contributed by atoms with van der Waals surface area (Å²) in [5, 5.41) is 14.2. The molecule has 7 nitrogen and oxygen atoms in total. The first-order valence-corrected chi connectivity index (χ1v) is 10.7. The quantitative estimate of drug-likeness (QED) is 0.375. The number of benzene rings is 2. The average molecular weight is 433 g/mol. The number of nitrogens with one attached hydrogen (secondary N) is 4. The monoisotopic (exact) mass is 432 g/mol. The number of likely N-dealkylation sites (tertiary alicyclic amines) is 1. The molecule has 4 N–H and O–H groups in total. The van der Waals surface area contributed by atoms with Gasteiger partial charge in [0.05, 0.1) is 11.2 Å². The first-order valence-electron chi connectivity index (χ1n) is 10.7. The van der Waals surface area contributed by atoms with Crippen LogP contribution in [0.15, 0.2) is 54.7 Å². The normalized spacial score (nSPS) is 15.2. The van der Waals surface area contributed by atoms with Gasteiger partial charge in [0.15, 0.2) is 0 Å². The molecular weight excluding hydrogens is 407 g/mol. The van der Waals surface area contributed by atoms with Crippen molar-refractivity contribution in [3.05, 3.63) is 66.1 Å². The topological polar surface area (TPSA) is 88.8 Å². The zero-order chi connectivity index (χ0) is 22.1. The first-order chi connectivity index (χ1) is 15.6. The van der Waals surface area contributed by atoms with E-state index in [2.05, 4.69) is 37.8 Å². The maximum Gasteiger partial charge on any atom is 0.256 e. The van der Waals surface area contributed by atoms with Crippen LogP contribution in [0.1, 0.15) is 23.2 Å². The van der Waals surface area contributed by atoms with Crippen molar-refractivity contribution in [2.24, 2.45) is 0 Å². The molecular formula is C24H25FN6O. The highest BCUT2D eigenvalue weighted by Crippen LogP contribution is 2.29. The Labute approximate surface area is 185 Å². The van der Waals surface area contributed by atoms with E-state index in [1.807, 2.05) is 30.3 Å². The van der Waals surface area contributed by atoms with Crippen molar-refractivity contribution in [3.63, 3.8) is 0 Å². The summed E-state index contributed by atoms with van der Waals surface area (Å²) in [7, 11) is 2.15. The molecule has 2 aromatic carbocycles. The number of H-pyrrole nitrogens is 2. The molecule has 2 aromatic heterocycles. The average Bonchev–Trinajstić information content (AvgIpc) is 3.43. The van der Waals surface area contributed by atoms with E-state index in [4.69, 9.17) is 0 Å². The molecule has 32 heavy (non-hydrogen) atoms. The lowest BCUT2D eigenvalue weighted by Gasteiger charge is -2.30. The highest BCUT2D eigenvalue weighted by atomic mass is 19.1. The highest BCUT2D eigenvalue weighted by molar-refractivity contribution is 6.04. The minimum Gasteiger partial charge on any atom is -0.382 e. The molecule has 8 heteroatoms. The van der Waals surface area contributed by atoms with E-state index in [1.165, 1.54) is 6.07 Å². The van der Waals surface area contributed by atoms with Crippen molar-refractivity contribution >= 4 is 28.3 Å². The maximum atomic E-state index is 13.9. The molecule has 164 valence electrons. The Hall–Kier alpha value is -3.65. The van der Waals surface area contributed by atoms with Gasteiger partial charge in [-0.05, 0) is 63.3 Å². The van der Waals surface area contributed by atoms with Gasteiger partial charge in [-0.15, -0.1) is 0 Å². The Balaban J connectivity index is 1.24. The minimum atomic E-state index is -0.313. The number of hydrogen-bond donors (Lipinski definition) is 4. The second-order valence-electron chi connectivity index (χ2n) is 8.28. The third-order valence-electron chi connectivity index (χ3n) is 6.00. The van der Waals surface area contributed by atoms with Gasteiger partial charge in [-0.1, -0.05) is 12.1 Å². The van der Waals surface area contributed by atoms with Crippen LogP contribution in [0.2, 0.25) is 0 Å². The molecule has 3 heterocycles. The lowest BCUT2D eigenvalue weighted by molar-refractivity contribution is 0.102. The molecule has 1 aliphatic rings. The van der Waals surface area contributed by atoms with E-state index in [1.54, 1.807) is 18.3 Å². The van der Waals surface area contributed by atoms with Crippen molar-refractivity contribution in [1.29, 1.82) is 0 Å². The van der Waals surface area contributed by atoms with Gasteiger partial charge in [0.2, 0.25) is 0 Å². The Kier molecular flexibility index (Phi) is 5.36. The number of aromatic amines is 2. The molecule has 1 fully saturated rings. The fourth-order valence-electron chi connectivity index (χ4n) is 4.15.